The van der Waals surface area contributed by atoms with Gasteiger partial charge < -0.3 is 25.3 Å². The predicted molar refractivity (Wildman–Crippen MR) is 93.0 cm³/mol. The zero-order chi connectivity index (χ0) is 18.1. The lowest BCUT2D eigenvalue weighted by atomic mass is 9.97. The predicted octanol–water partition coefficient (Wildman–Crippen LogP) is 0.596. The van der Waals surface area contributed by atoms with Crippen molar-refractivity contribution in [1.82, 2.24) is 0 Å². The van der Waals surface area contributed by atoms with Gasteiger partial charge in [0.25, 0.3) is 0 Å². The summed E-state index contributed by atoms with van der Waals surface area (Å²) in [6.07, 6.45) is 7.62. The summed E-state index contributed by atoms with van der Waals surface area (Å²) in [5, 5.41) is 15.7. The summed E-state index contributed by atoms with van der Waals surface area (Å²) in [4.78, 5) is 23.5. The van der Waals surface area contributed by atoms with Gasteiger partial charge in [-0.15, -0.1) is 0 Å². The van der Waals surface area contributed by atoms with Gasteiger partial charge in [0.15, 0.2) is 0 Å². The average molecular weight is 346 g/mol. The zero-order valence-corrected chi connectivity index (χ0v) is 14.6. The second-order valence-electron chi connectivity index (χ2n) is 6.26. The molecule has 136 valence electrons. The second kappa shape index (κ2) is 9.84. The standard InChI is InChI=1S/C19H26N2O4/c1-25-17-10-6-5-9-15(17)21-18(22)13-16(19(23)24)20-12-11-14-7-3-2-4-8-14/h5-7,9-10,16,20H,2-4,8,11-13H2,1H3,(H,21,22)(H,23,24)/t16-/m0/s1. The van der Waals surface area contributed by atoms with Gasteiger partial charge in [0.2, 0.25) is 5.91 Å². The Bertz CT molecular complexity index is 628. The Morgan fingerprint density at radius 3 is 2.80 bits per heavy atom. The normalized spacial score (nSPS) is 15.2. The van der Waals surface area contributed by atoms with Gasteiger partial charge in [0.05, 0.1) is 31.7 Å². The van der Waals surface area contributed by atoms with E-state index in [9.17, 15) is 14.7 Å². The number of rotatable bonds is 9. The maximum Gasteiger partial charge on any atom is 0.230 e. The molecule has 1 aromatic rings. The molecule has 6 nitrogen and oxygen atoms in total. The number of para-hydroxylation sites is 2. The van der Waals surface area contributed by atoms with E-state index in [2.05, 4.69) is 11.4 Å². The van der Waals surface area contributed by atoms with Crippen molar-refractivity contribution in [2.45, 2.75) is 44.6 Å². The van der Waals surface area contributed by atoms with Crippen LogP contribution in [0.4, 0.5) is 5.69 Å². The van der Waals surface area contributed by atoms with Crippen molar-refractivity contribution in [2.75, 3.05) is 19.0 Å². The SMILES string of the molecule is COc1ccccc1NC(=O)C[C@H]([NH2+]CCC1=CCCCC1)C(=O)[O-]. The molecule has 0 saturated carbocycles. The number of nitrogens with one attached hydrogen (secondary N) is 1. The molecule has 1 atom stereocenters. The van der Waals surface area contributed by atoms with Gasteiger partial charge in [-0.25, -0.2) is 0 Å². The minimum absolute atomic E-state index is 0.139. The number of amides is 1. The average Bonchev–Trinajstić information content (AvgIpc) is 2.62. The van der Waals surface area contributed by atoms with Crippen LogP contribution in [-0.2, 0) is 9.59 Å². The molecule has 0 unspecified atom stereocenters. The maximum absolute atomic E-state index is 12.2. The van der Waals surface area contributed by atoms with Crippen molar-refractivity contribution in [3.8, 4) is 5.75 Å². The highest BCUT2D eigenvalue weighted by Gasteiger charge is 2.19. The minimum atomic E-state index is -1.21. The van der Waals surface area contributed by atoms with E-state index in [1.54, 1.807) is 29.6 Å². The topological polar surface area (TPSA) is 95.1 Å². The van der Waals surface area contributed by atoms with Gasteiger partial charge in [-0.2, -0.15) is 0 Å². The first-order valence-corrected chi connectivity index (χ1v) is 8.75. The number of hydrogen-bond donors (Lipinski definition) is 2. The smallest absolute Gasteiger partial charge is 0.230 e. The first kappa shape index (κ1) is 19.0. The number of ether oxygens (including phenoxy) is 1. The number of nitrogens with two attached hydrogens (primary N) is 1. The fourth-order valence-corrected chi connectivity index (χ4v) is 3.01. The molecule has 0 saturated heterocycles. The van der Waals surface area contributed by atoms with Gasteiger partial charge in [-0.3, -0.25) is 4.79 Å². The quantitative estimate of drug-likeness (QED) is 0.640. The highest BCUT2D eigenvalue weighted by Crippen LogP contribution is 2.23. The number of hydrogen-bond acceptors (Lipinski definition) is 4. The summed E-state index contributed by atoms with van der Waals surface area (Å²) in [5.41, 5.74) is 1.91. The molecule has 0 fully saturated rings. The molecular weight excluding hydrogens is 320 g/mol. The van der Waals surface area contributed by atoms with Crippen molar-refractivity contribution < 1.29 is 24.7 Å². The van der Waals surface area contributed by atoms with Crippen molar-refractivity contribution in [1.29, 1.82) is 0 Å². The van der Waals surface area contributed by atoms with Crippen LogP contribution in [0.25, 0.3) is 0 Å². The third kappa shape index (κ3) is 6.23. The first-order valence-electron chi connectivity index (χ1n) is 8.75. The van der Waals surface area contributed by atoms with E-state index >= 15 is 0 Å². The molecule has 0 heterocycles. The van der Waals surface area contributed by atoms with E-state index in [0.29, 0.717) is 18.0 Å². The number of carbonyl (C=O) groups is 2. The number of allylic oxidation sites excluding steroid dienone is 1. The van der Waals surface area contributed by atoms with Gasteiger partial charge in [0.1, 0.15) is 11.8 Å². The van der Waals surface area contributed by atoms with Crippen LogP contribution in [0.15, 0.2) is 35.9 Å². The molecule has 0 bridgehead atoms. The van der Waals surface area contributed by atoms with Crippen LogP contribution < -0.4 is 20.5 Å². The summed E-state index contributed by atoms with van der Waals surface area (Å²) in [6.45, 7) is 0.645. The molecule has 1 aromatic carbocycles. The lowest BCUT2D eigenvalue weighted by Gasteiger charge is -2.18. The maximum atomic E-state index is 12.2. The monoisotopic (exact) mass is 346 g/mol. The van der Waals surface area contributed by atoms with E-state index in [1.165, 1.54) is 25.5 Å². The molecule has 1 aliphatic rings. The van der Waals surface area contributed by atoms with Crippen LogP contribution in [0.5, 0.6) is 5.75 Å². The van der Waals surface area contributed by atoms with E-state index in [-0.39, 0.29) is 12.3 Å². The number of aliphatic carboxylic acids is 1. The Hall–Kier alpha value is -2.34. The largest absolute Gasteiger partial charge is 0.544 e. The van der Waals surface area contributed by atoms with Crippen molar-refractivity contribution >= 4 is 17.6 Å². The molecule has 0 aliphatic heterocycles. The Balaban J connectivity index is 1.84. The van der Waals surface area contributed by atoms with Crippen LogP contribution in [0.2, 0.25) is 0 Å². The molecule has 1 aliphatic carbocycles. The van der Waals surface area contributed by atoms with Crippen LogP contribution in [0.1, 0.15) is 38.5 Å². The Morgan fingerprint density at radius 1 is 1.32 bits per heavy atom. The first-order chi connectivity index (χ1) is 12.1. The highest BCUT2D eigenvalue weighted by molar-refractivity contribution is 5.94. The number of quaternary nitrogens is 1. The summed E-state index contributed by atoms with van der Waals surface area (Å²) < 4.78 is 5.17. The molecule has 6 heteroatoms. The van der Waals surface area contributed by atoms with Gasteiger partial charge >= 0.3 is 0 Å². The van der Waals surface area contributed by atoms with Crippen molar-refractivity contribution in [2.24, 2.45) is 0 Å². The number of carboxylic acid groups (broad SMARTS) is 1. The molecule has 1 amide bonds. The summed E-state index contributed by atoms with van der Waals surface area (Å²) in [5.74, 6) is -1.05. The van der Waals surface area contributed by atoms with E-state index < -0.39 is 12.0 Å². The third-order valence-electron chi connectivity index (χ3n) is 4.39. The van der Waals surface area contributed by atoms with E-state index in [1.807, 2.05) is 0 Å². The van der Waals surface area contributed by atoms with Crippen LogP contribution in [0, 0.1) is 0 Å². The number of anilines is 1. The third-order valence-corrected chi connectivity index (χ3v) is 4.39. The summed E-state index contributed by atoms with van der Waals surface area (Å²) in [6, 6.07) is 6.13. The van der Waals surface area contributed by atoms with Gasteiger partial charge in [-0.1, -0.05) is 23.8 Å². The number of methoxy groups -OCH3 is 1. The van der Waals surface area contributed by atoms with E-state index in [0.717, 1.165) is 19.3 Å². The summed E-state index contributed by atoms with van der Waals surface area (Å²) in [7, 11) is 1.52. The number of carboxylic acids is 1. The van der Waals surface area contributed by atoms with Crippen LogP contribution in [0.3, 0.4) is 0 Å². The Kier molecular flexibility index (Phi) is 7.47. The zero-order valence-electron chi connectivity index (χ0n) is 14.6. The molecular formula is C19H26N2O4. The lowest BCUT2D eigenvalue weighted by Crippen LogP contribution is -2.93. The number of benzene rings is 1. The van der Waals surface area contributed by atoms with Crippen LogP contribution >= 0.6 is 0 Å². The molecule has 0 spiro atoms. The molecule has 0 radical (unpaired) electrons. The Labute approximate surface area is 148 Å². The van der Waals surface area contributed by atoms with E-state index in [4.69, 9.17) is 4.74 Å². The van der Waals surface area contributed by atoms with Crippen LogP contribution in [-0.4, -0.2) is 31.6 Å². The summed E-state index contributed by atoms with van der Waals surface area (Å²) >= 11 is 0. The van der Waals surface area contributed by atoms with Gasteiger partial charge in [0, 0.05) is 6.42 Å². The fourth-order valence-electron chi connectivity index (χ4n) is 3.01. The number of carbonyl (C=O) groups excluding carboxylic acids is 2. The molecule has 3 N–H and O–H groups in total. The highest BCUT2D eigenvalue weighted by atomic mass is 16.5. The molecule has 25 heavy (non-hydrogen) atoms. The fraction of sp³-hybridized carbons (Fsp3) is 0.474. The van der Waals surface area contributed by atoms with Crippen molar-refractivity contribution in [3.05, 3.63) is 35.9 Å². The minimum Gasteiger partial charge on any atom is -0.544 e. The van der Waals surface area contributed by atoms with Crippen molar-refractivity contribution in [3.63, 3.8) is 0 Å². The molecule has 2 rings (SSSR count). The Morgan fingerprint density at radius 2 is 2.12 bits per heavy atom. The van der Waals surface area contributed by atoms with Gasteiger partial charge in [-0.05, 0) is 37.8 Å². The second-order valence-corrected chi connectivity index (χ2v) is 6.26. The molecule has 0 aromatic heterocycles. The lowest BCUT2D eigenvalue weighted by molar-refractivity contribution is -0.682.